The molecule has 6 nitrogen and oxygen atoms in total. The lowest BCUT2D eigenvalue weighted by Gasteiger charge is -2.39. The molecular weight excluding hydrogens is 395 g/mol. The summed E-state index contributed by atoms with van der Waals surface area (Å²) in [6.45, 7) is 6.22. The van der Waals surface area contributed by atoms with Gasteiger partial charge in [0.15, 0.2) is 0 Å². The minimum Gasteiger partial charge on any atom is -0.366 e. The summed E-state index contributed by atoms with van der Waals surface area (Å²) in [5, 5.41) is 2.90. The van der Waals surface area contributed by atoms with Crippen molar-refractivity contribution < 1.29 is 14.0 Å². The van der Waals surface area contributed by atoms with Crippen LogP contribution in [0.1, 0.15) is 17.5 Å². The first-order chi connectivity index (χ1) is 15.0. The van der Waals surface area contributed by atoms with E-state index in [9.17, 15) is 14.0 Å². The highest BCUT2D eigenvalue weighted by Gasteiger charge is 2.33. The molecule has 2 aromatic carbocycles. The number of halogens is 1. The molecule has 2 aromatic rings. The fourth-order valence-corrected chi connectivity index (χ4v) is 4.30. The van der Waals surface area contributed by atoms with E-state index >= 15 is 0 Å². The molecular formula is C24H29FN4O2. The molecule has 0 unspecified atom stereocenters. The maximum Gasteiger partial charge on any atom is 0.237 e. The number of hydrogen-bond donors (Lipinski definition) is 1. The minimum atomic E-state index is -0.466. The van der Waals surface area contributed by atoms with Crippen molar-refractivity contribution in [2.24, 2.45) is 0 Å². The van der Waals surface area contributed by atoms with Gasteiger partial charge in [0, 0.05) is 45.8 Å². The van der Waals surface area contributed by atoms with E-state index in [4.69, 9.17) is 0 Å². The maximum atomic E-state index is 14.1. The predicted octanol–water partition coefficient (Wildman–Crippen LogP) is 2.17. The lowest BCUT2D eigenvalue weighted by atomic mass is 10.1. The van der Waals surface area contributed by atoms with Crippen LogP contribution < -0.4 is 10.2 Å². The Balaban J connectivity index is 1.36. The number of rotatable bonds is 5. The number of amides is 2. The average Bonchev–Trinajstić information content (AvgIpc) is 2.78. The maximum absolute atomic E-state index is 14.1. The number of aryl methyl sites for hydroxylation is 1. The monoisotopic (exact) mass is 424 g/mol. The molecule has 4 rings (SSSR count). The van der Waals surface area contributed by atoms with Crippen LogP contribution in [-0.2, 0) is 16.1 Å². The summed E-state index contributed by atoms with van der Waals surface area (Å²) in [7, 11) is 0. The van der Waals surface area contributed by atoms with Crippen molar-refractivity contribution in [2.75, 3.05) is 44.2 Å². The van der Waals surface area contributed by atoms with Gasteiger partial charge < -0.3 is 15.1 Å². The average molecular weight is 425 g/mol. The van der Waals surface area contributed by atoms with Gasteiger partial charge in [-0.05, 0) is 24.6 Å². The second-order valence-corrected chi connectivity index (χ2v) is 8.29. The van der Waals surface area contributed by atoms with E-state index in [-0.39, 0.29) is 24.1 Å². The number of piperazine rings is 2. The number of anilines is 1. The molecule has 2 fully saturated rings. The molecule has 31 heavy (non-hydrogen) atoms. The van der Waals surface area contributed by atoms with E-state index in [1.807, 2.05) is 17.9 Å². The van der Waals surface area contributed by atoms with Gasteiger partial charge in [-0.25, -0.2) is 4.39 Å². The Morgan fingerprint density at radius 3 is 2.45 bits per heavy atom. The highest BCUT2D eigenvalue weighted by atomic mass is 19.1. The zero-order valence-corrected chi connectivity index (χ0v) is 17.9. The number of para-hydroxylation sites is 1. The summed E-state index contributed by atoms with van der Waals surface area (Å²) in [5.74, 6) is -0.353. The van der Waals surface area contributed by atoms with Gasteiger partial charge in [-0.2, -0.15) is 0 Å². The fraction of sp³-hybridized carbons (Fsp3) is 0.417. The molecule has 0 radical (unpaired) electrons. The van der Waals surface area contributed by atoms with Crippen molar-refractivity contribution in [1.29, 1.82) is 0 Å². The van der Waals surface area contributed by atoms with Crippen LogP contribution in [0.15, 0.2) is 48.5 Å². The van der Waals surface area contributed by atoms with Crippen molar-refractivity contribution in [3.8, 4) is 0 Å². The summed E-state index contributed by atoms with van der Waals surface area (Å²) < 4.78 is 14.1. The van der Waals surface area contributed by atoms with Crippen LogP contribution in [0.2, 0.25) is 0 Å². The zero-order chi connectivity index (χ0) is 21.8. The molecule has 2 saturated heterocycles. The van der Waals surface area contributed by atoms with Crippen LogP contribution in [0.5, 0.6) is 0 Å². The molecule has 2 heterocycles. The van der Waals surface area contributed by atoms with E-state index in [0.717, 1.165) is 12.1 Å². The van der Waals surface area contributed by atoms with Crippen LogP contribution in [-0.4, -0.2) is 66.9 Å². The van der Waals surface area contributed by atoms with Crippen LogP contribution in [0, 0.1) is 12.7 Å². The largest absolute Gasteiger partial charge is 0.366 e. The van der Waals surface area contributed by atoms with E-state index in [2.05, 4.69) is 34.5 Å². The van der Waals surface area contributed by atoms with Gasteiger partial charge in [0.2, 0.25) is 11.8 Å². The summed E-state index contributed by atoms with van der Waals surface area (Å²) in [6, 6.07) is 14.5. The number of carbonyl (C=O) groups excluding carboxylic acids is 2. The smallest absolute Gasteiger partial charge is 0.237 e. The third kappa shape index (κ3) is 5.05. The Bertz CT molecular complexity index is 925. The normalized spacial score (nSPS) is 19.9. The van der Waals surface area contributed by atoms with Crippen molar-refractivity contribution in [3.63, 3.8) is 0 Å². The molecule has 2 aliphatic rings. The Labute approximate surface area is 182 Å². The number of hydrogen-bond acceptors (Lipinski definition) is 4. The molecule has 2 aliphatic heterocycles. The zero-order valence-electron chi connectivity index (χ0n) is 17.9. The Kier molecular flexibility index (Phi) is 6.51. The second-order valence-electron chi connectivity index (χ2n) is 8.29. The fourth-order valence-electron chi connectivity index (χ4n) is 4.30. The first kappa shape index (κ1) is 21.3. The highest BCUT2D eigenvalue weighted by molar-refractivity contribution is 5.89. The topological polar surface area (TPSA) is 55.9 Å². The molecule has 1 atom stereocenters. The van der Waals surface area contributed by atoms with Crippen molar-refractivity contribution in [2.45, 2.75) is 25.9 Å². The van der Waals surface area contributed by atoms with Crippen molar-refractivity contribution in [1.82, 2.24) is 15.1 Å². The van der Waals surface area contributed by atoms with Crippen molar-refractivity contribution >= 4 is 17.5 Å². The van der Waals surface area contributed by atoms with Crippen LogP contribution in [0.25, 0.3) is 0 Å². The van der Waals surface area contributed by atoms with Crippen molar-refractivity contribution in [3.05, 3.63) is 65.5 Å². The lowest BCUT2D eigenvalue weighted by molar-refractivity contribution is -0.139. The standard InChI is InChI=1S/C24H29FN4O2/c1-18-6-8-19(9-7-18)17-29-11-10-26-24(31)22(29)16-23(30)28-14-12-27(13-15-28)21-5-3-2-4-20(21)25/h2-9,22H,10-17H2,1H3,(H,26,31)/t22-/m1/s1. The number of nitrogens with zero attached hydrogens (tertiary/aromatic N) is 3. The molecule has 164 valence electrons. The first-order valence-electron chi connectivity index (χ1n) is 10.9. The van der Waals surface area contributed by atoms with Gasteiger partial charge in [-0.3, -0.25) is 14.5 Å². The number of benzene rings is 2. The molecule has 2 amide bonds. The second kappa shape index (κ2) is 9.47. The Morgan fingerprint density at radius 1 is 1.03 bits per heavy atom. The third-order valence-electron chi connectivity index (χ3n) is 6.14. The summed E-state index contributed by atoms with van der Waals surface area (Å²) in [4.78, 5) is 31.4. The molecule has 1 N–H and O–H groups in total. The Hall–Kier alpha value is -2.93. The van der Waals surface area contributed by atoms with Crippen LogP contribution in [0.3, 0.4) is 0 Å². The van der Waals surface area contributed by atoms with E-state index < -0.39 is 6.04 Å². The van der Waals surface area contributed by atoms with Gasteiger partial charge in [-0.1, -0.05) is 42.0 Å². The Morgan fingerprint density at radius 2 is 1.74 bits per heavy atom. The number of carbonyl (C=O) groups is 2. The van der Waals surface area contributed by atoms with Gasteiger partial charge in [0.05, 0.1) is 18.2 Å². The third-order valence-corrected chi connectivity index (χ3v) is 6.14. The van der Waals surface area contributed by atoms with Gasteiger partial charge in [0.1, 0.15) is 5.82 Å². The molecule has 7 heteroatoms. The summed E-state index contributed by atoms with van der Waals surface area (Å²) in [6.07, 6.45) is 0.164. The molecule has 0 spiro atoms. The van der Waals surface area contributed by atoms with E-state index in [1.54, 1.807) is 17.0 Å². The first-order valence-corrected chi connectivity index (χ1v) is 10.9. The van der Waals surface area contributed by atoms with Gasteiger partial charge in [0.25, 0.3) is 0 Å². The highest BCUT2D eigenvalue weighted by Crippen LogP contribution is 2.21. The summed E-state index contributed by atoms with van der Waals surface area (Å²) >= 11 is 0. The van der Waals surface area contributed by atoms with E-state index in [0.29, 0.717) is 45.0 Å². The van der Waals surface area contributed by atoms with Gasteiger partial charge >= 0.3 is 0 Å². The van der Waals surface area contributed by atoms with Crippen LogP contribution >= 0.6 is 0 Å². The molecule has 0 aliphatic carbocycles. The summed E-state index contributed by atoms with van der Waals surface area (Å²) in [5.41, 5.74) is 2.91. The van der Waals surface area contributed by atoms with Gasteiger partial charge in [-0.15, -0.1) is 0 Å². The molecule has 0 aromatic heterocycles. The lowest BCUT2D eigenvalue weighted by Crippen LogP contribution is -2.57. The predicted molar refractivity (Wildman–Crippen MR) is 118 cm³/mol. The minimum absolute atomic E-state index is 0.0239. The quantitative estimate of drug-likeness (QED) is 0.800. The van der Waals surface area contributed by atoms with E-state index in [1.165, 1.54) is 11.6 Å². The SMILES string of the molecule is Cc1ccc(CN2CCNC(=O)[C@H]2CC(=O)N2CCN(c3ccccc3F)CC2)cc1. The molecule has 0 saturated carbocycles. The molecule has 0 bridgehead atoms. The number of nitrogens with one attached hydrogen (secondary N) is 1. The van der Waals surface area contributed by atoms with Crippen LogP contribution in [0.4, 0.5) is 10.1 Å².